The van der Waals surface area contributed by atoms with Gasteiger partial charge in [0, 0.05) is 39.3 Å². The van der Waals surface area contributed by atoms with Crippen molar-refractivity contribution in [3.8, 4) is 0 Å². The van der Waals surface area contributed by atoms with Crippen molar-refractivity contribution in [1.82, 2.24) is 15.1 Å². The van der Waals surface area contributed by atoms with E-state index < -0.39 is 0 Å². The van der Waals surface area contributed by atoms with Crippen molar-refractivity contribution in [2.45, 2.75) is 57.4 Å². The summed E-state index contributed by atoms with van der Waals surface area (Å²) in [5.41, 5.74) is 0.633. The van der Waals surface area contributed by atoms with Crippen molar-refractivity contribution >= 4 is 5.96 Å². The minimum absolute atomic E-state index is 0.633. The molecule has 2 saturated heterocycles. The molecule has 1 atom stereocenters. The van der Waals surface area contributed by atoms with Crippen LogP contribution in [-0.2, 0) is 0 Å². The molecule has 0 amide bonds. The molecule has 124 valence electrons. The fourth-order valence-electron chi connectivity index (χ4n) is 5.02. The number of aliphatic imine (C=N–C) groups is 1. The number of nitrogens with one attached hydrogen (secondary N) is 1. The Kier molecular flexibility index (Phi) is 4.05. The minimum Gasteiger partial charge on any atom is -0.356 e. The molecule has 4 heteroatoms. The van der Waals surface area contributed by atoms with Crippen LogP contribution in [0.3, 0.4) is 0 Å². The van der Waals surface area contributed by atoms with Crippen LogP contribution in [0.1, 0.15) is 51.4 Å². The average molecular weight is 304 g/mol. The Bertz CT molecular complexity index is 423. The molecule has 0 radical (unpaired) electrons. The number of nitrogens with zero attached hydrogens (tertiary/aromatic N) is 3. The first kappa shape index (κ1) is 14.8. The molecule has 0 bridgehead atoms. The first-order valence-corrected chi connectivity index (χ1v) is 9.48. The third-order valence-corrected chi connectivity index (χ3v) is 6.54. The second kappa shape index (κ2) is 6.03. The zero-order chi connectivity index (χ0) is 15.0. The molecule has 0 aromatic carbocycles. The molecule has 4 aliphatic rings. The Morgan fingerprint density at radius 1 is 1.14 bits per heavy atom. The van der Waals surface area contributed by atoms with Crippen molar-refractivity contribution in [2.24, 2.45) is 16.3 Å². The normalized spacial score (nSPS) is 32.3. The molecule has 1 spiro atoms. The zero-order valence-corrected chi connectivity index (χ0v) is 14.2. The van der Waals surface area contributed by atoms with Gasteiger partial charge in [-0.1, -0.05) is 12.8 Å². The van der Waals surface area contributed by atoms with Gasteiger partial charge in [-0.3, -0.25) is 4.99 Å². The van der Waals surface area contributed by atoms with Crippen molar-refractivity contribution in [3.05, 3.63) is 0 Å². The third kappa shape index (κ3) is 2.99. The van der Waals surface area contributed by atoms with E-state index in [9.17, 15) is 0 Å². The summed E-state index contributed by atoms with van der Waals surface area (Å²) in [4.78, 5) is 9.80. The van der Waals surface area contributed by atoms with E-state index in [0.717, 1.165) is 24.5 Å². The molecule has 4 nitrogen and oxygen atoms in total. The van der Waals surface area contributed by atoms with E-state index in [-0.39, 0.29) is 0 Å². The van der Waals surface area contributed by atoms with Crippen LogP contribution in [0.25, 0.3) is 0 Å². The van der Waals surface area contributed by atoms with E-state index >= 15 is 0 Å². The molecular formula is C18H32N4. The summed E-state index contributed by atoms with van der Waals surface area (Å²) in [6.45, 7) is 6.19. The molecule has 22 heavy (non-hydrogen) atoms. The fraction of sp³-hybridized carbons (Fsp3) is 0.944. The van der Waals surface area contributed by atoms with Crippen LogP contribution in [0, 0.1) is 11.3 Å². The van der Waals surface area contributed by atoms with Crippen LogP contribution < -0.4 is 5.32 Å². The smallest absolute Gasteiger partial charge is 0.193 e. The molecule has 2 saturated carbocycles. The molecule has 4 fully saturated rings. The van der Waals surface area contributed by atoms with Gasteiger partial charge in [0.05, 0.1) is 0 Å². The minimum atomic E-state index is 0.633. The topological polar surface area (TPSA) is 30.9 Å². The van der Waals surface area contributed by atoms with Gasteiger partial charge in [0.15, 0.2) is 5.96 Å². The number of guanidine groups is 1. The molecule has 1 N–H and O–H groups in total. The second-order valence-corrected chi connectivity index (χ2v) is 8.19. The van der Waals surface area contributed by atoms with Crippen LogP contribution in [0.4, 0.5) is 0 Å². The van der Waals surface area contributed by atoms with Crippen LogP contribution in [0.5, 0.6) is 0 Å². The van der Waals surface area contributed by atoms with E-state index in [4.69, 9.17) is 0 Å². The molecular weight excluding hydrogens is 272 g/mol. The largest absolute Gasteiger partial charge is 0.356 e. The standard InChI is InChI=1S/C18H32N4/c1-19-17(22-11-9-18(14-22)7-2-3-8-18)20-12-15-6-10-21(13-15)16-4-5-16/h15-16H,2-14H2,1H3,(H,19,20). The Balaban J connectivity index is 1.26. The quantitative estimate of drug-likeness (QED) is 0.641. The molecule has 2 heterocycles. The lowest BCUT2D eigenvalue weighted by atomic mass is 9.86. The SMILES string of the molecule is CN=C(NCC1CCN(C2CC2)C1)N1CCC2(CCCC2)C1. The highest BCUT2D eigenvalue weighted by molar-refractivity contribution is 5.80. The molecule has 2 aliphatic heterocycles. The van der Waals surface area contributed by atoms with Gasteiger partial charge in [0.1, 0.15) is 0 Å². The summed E-state index contributed by atoms with van der Waals surface area (Å²) in [6, 6.07) is 0.935. The van der Waals surface area contributed by atoms with Crippen LogP contribution in [0.15, 0.2) is 4.99 Å². The maximum Gasteiger partial charge on any atom is 0.193 e. The predicted octanol–water partition coefficient (Wildman–Crippen LogP) is 2.31. The summed E-state index contributed by atoms with van der Waals surface area (Å²) in [7, 11) is 1.95. The molecule has 2 aliphatic carbocycles. The lowest BCUT2D eigenvalue weighted by Crippen LogP contribution is -2.43. The van der Waals surface area contributed by atoms with Crippen LogP contribution >= 0.6 is 0 Å². The summed E-state index contributed by atoms with van der Waals surface area (Å²) in [6.07, 6.45) is 11.4. The summed E-state index contributed by atoms with van der Waals surface area (Å²) >= 11 is 0. The third-order valence-electron chi connectivity index (χ3n) is 6.54. The van der Waals surface area contributed by atoms with E-state index in [2.05, 4.69) is 20.1 Å². The van der Waals surface area contributed by atoms with E-state index in [1.807, 2.05) is 7.05 Å². The lowest BCUT2D eigenvalue weighted by molar-refractivity contribution is 0.305. The Labute approximate surface area is 135 Å². The van der Waals surface area contributed by atoms with Crippen molar-refractivity contribution < 1.29 is 0 Å². The van der Waals surface area contributed by atoms with Gasteiger partial charge in [0.2, 0.25) is 0 Å². The first-order valence-electron chi connectivity index (χ1n) is 9.48. The monoisotopic (exact) mass is 304 g/mol. The lowest BCUT2D eigenvalue weighted by Gasteiger charge is -2.26. The van der Waals surface area contributed by atoms with E-state index in [1.165, 1.54) is 77.5 Å². The van der Waals surface area contributed by atoms with Gasteiger partial charge in [0.25, 0.3) is 0 Å². The summed E-state index contributed by atoms with van der Waals surface area (Å²) in [5, 5.41) is 3.69. The maximum absolute atomic E-state index is 4.57. The predicted molar refractivity (Wildman–Crippen MR) is 91.2 cm³/mol. The molecule has 1 unspecified atom stereocenters. The van der Waals surface area contributed by atoms with Gasteiger partial charge in [-0.05, 0) is 56.4 Å². The van der Waals surface area contributed by atoms with Crippen molar-refractivity contribution in [1.29, 1.82) is 0 Å². The second-order valence-electron chi connectivity index (χ2n) is 8.19. The van der Waals surface area contributed by atoms with Gasteiger partial charge < -0.3 is 15.1 Å². The van der Waals surface area contributed by atoms with Crippen LogP contribution in [0.2, 0.25) is 0 Å². The van der Waals surface area contributed by atoms with E-state index in [1.54, 1.807) is 0 Å². The van der Waals surface area contributed by atoms with Gasteiger partial charge >= 0.3 is 0 Å². The van der Waals surface area contributed by atoms with Crippen molar-refractivity contribution in [3.63, 3.8) is 0 Å². The first-order chi connectivity index (χ1) is 10.8. The van der Waals surface area contributed by atoms with Crippen molar-refractivity contribution in [2.75, 3.05) is 39.8 Å². The molecule has 0 aromatic rings. The highest BCUT2D eigenvalue weighted by Crippen LogP contribution is 2.45. The van der Waals surface area contributed by atoms with E-state index in [0.29, 0.717) is 5.41 Å². The fourth-order valence-corrected chi connectivity index (χ4v) is 5.02. The zero-order valence-electron chi connectivity index (χ0n) is 14.2. The Hall–Kier alpha value is -0.770. The average Bonchev–Trinajstić information content (AvgIpc) is 2.97. The van der Waals surface area contributed by atoms with Gasteiger partial charge in [-0.25, -0.2) is 0 Å². The number of rotatable bonds is 3. The van der Waals surface area contributed by atoms with Crippen LogP contribution in [-0.4, -0.2) is 61.6 Å². The molecule has 0 aromatic heterocycles. The Morgan fingerprint density at radius 2 is 1.95 bits per heavy atom. The number of hydrogen-bond acceptors (Lipinski definition) is 2. The highest BCUT2D eigenvalue weighted by atomic mass is 15.3. The number of likely N-dealkylation sites (tertiary alicyclic amines) is 2. The highest BCUT2D eigenvalue weighted by Gasteiger charge is 2.41. The summed E-state index contributed by atoms with van der Waals surface area (Å²) in [5.74, 6) is 1.98. The van der Waals surface area contributed by atoms with Gasteiger partial charge in [-0.15, -0.1) is 0 Å². The van der Waals surface area contributed by atoms with Gasteiger partial charge in [-0.2, -0.15) is 0 Å². The summed E-state index contributed by atoms with van der Waals surface area (Å²) < 4.78 is 0. The Morgan fingerprint density at radius 3 is 2.68 bits per heavy atom. The molecule has 4 rings (SSSR count). The maximum atomic E-state index is 4.57. The number of hydrogen-bond donors (Lipinski definition) is 1.